The summed E-state index contributed by atoms with van der Waals surface area (Å²) in [6, 6.07) is 69.7. The second-order valence-corrected chi connectivity index (χ2v) is 23.5. The summed E-state index contributed by atoms with van der Waals surface area (Å²) in [5, 5.41) is 3.24. The van der Waals surface area contributed by atoms with Crippen molar-refractivity contribution in [2.75, 3.05) is 0 Å². The normalized spacial score (nSPS) is 11.5. The zero-order valence-corrected chi connectivity index (χ0v) is 42.1. The van der Waals surface area contributed by atoms with Gasteiger partial charge in [-0.3, -0.25) is 4.98 Å². The number of furan rings is 1. The number of halogens is 1. The zero-order chi connectivity index (χ0) is 46.1. The fraction of sp³-hybridized carbons (Fsp3) is 0.115. The number of aromatic nitrogens is 3. The van der Waals surface area contributed by atoms with Crippen LogP contribution in [0.5, 0.6) is 0 Å². The third-order valence-corrected chi connectivity index (χ3v) is 14.3. The second kappa shape index (κ2) is 19.7. The van der Waals surface area contributed by atoms with Gasteiger partial charge in [-0.1, -0.05) is 171 Å². The topological polar surface area (TPSA) is 43.9 Å². The van der Waals surface area contributed by atoms with Gasteiger partial charge < -0.3 is 14.0 Å². The number of hydrogen-bond donors (Lipinski definition) is 0. The number of pyridine rings is 1. The molecule has 4 nitrogen and oxygen atoms in total. The van der Waals surface area contributed by atoms with Crippen LogP contribution in [-0.2, 0) is 26.5 Å². The van der Waals surface area contributed by atoms with Crippen molar-refractivity contribution in [3.63, 3.8) is 0 Å². The van der Waals surface area contributed by atoms with E-state index >= 15 is 0 Å². The minimum atomic E-state index is -1.34. The summed E-state index contributed by atoms with van der Waals surface area (Å²) in [5.74, 6) is 1.02. The molecule has 0 saturated carbocycles. The summed E-state index contributed by atoms with van der Waals surface area (Å²) < 4.78 is 23.3. The molecule has 3 aromatic heterocycles. The molecular weight excluding hydrogens is 1030 g/mol. The van der Waals surface area contributed by atoms with Crippen molar-refractivity contribution in [3.05, 3.63) is 218 Å². The van der Waals surface area contributed by atoms with E-state index in [1.807, 2.05) is 72.8 Å². The van der Waals surface area contributed by atoms with E-state index in [-0.39, 0.29) is 25.9 Å². The Morgan fingerprint density at radius 2 is 1.32 bits per heavy atom. The molecule has 0 fully saturated rings. The van der Waals surface area contributed by atoms with Gasteiger partial charge in [0.25, 0.3) is 0 Å². The van der Waals surface area contributed by atoms with Crippen LogP contribution in [-0.4, -0.2) is 22.6 Å². The van der Waals surface area contributed by atoms with Gasteiger partial charge in [0.15, 0.2) is 0 Å². The van der Waals surface area contributed by atoms with Crippen LogP contribution in [0.3, 0.4) is 0 Å². The molecule has 0 atom stereocenters. The Balaban J connectivity index is 0.000000232. The van der Waals surface area contributed by atoms with E-state index in [0.717, 1.165) is 78.6 Å². The van der Waals surface area contributed by atoms with E-state index in [2.05, 4.69) is 158 Å². The summed E-state index contributed by atoms with van der Waals surface area (Å²) in [6.45, 7) is 11.7. The van der Waals surface area contributed by atoms with Crippen LogP contribution in [0.2, 0.25) is 19.6 Å². The molecule has 0 amide bonds. The van der Waals surface area contributed by atoms with E-state index in [4.69, 9.17) is 9.40 Å². The van der Waals surface area contributed by atoms with Crippen LogP contribution in [0, 0.1) is 23.9 Å². The van der Waals surface area contributed by atoms with Crippen LogP contribution >= 0.6 is 0 Å². The van der Waals surface area contributed by atoms with Gasteiger partial charge in [0.05, 0.1) is 30.5 Å². The van der Waals surface area contributed by atoms with E-state index < -0.39 is 8.07 Å². The average molecular weight is 1080 g/mol. The Labute approximate surface area is 412 Å². The van der Waals surface area contributed by atoms with Crippen molar-refractivity contribution in [1.29, 1.82) is 0 Å². The molecule has 337 valence electrons. The Kier molecular flexibility index (Phi) is 13.3. The summed E-state index contributed by atoms with van der Waals surface area (Å²) in [7, 11) is -1.34. The molecule has 68 heavy (non-hydrogen) atoms. The predicted octanol–water partition coefficient (Wildman–Crippen LogP) is 15.8. The fourth-order valence-corrected chi connectivity index (χ4v) is 10.7. The quantitative estimate of drug-likeness (QED) is 0.107. The zero-order valence-electron chi connectivity index (χ0n) is 38.7. The molecule has 0 N–H and O–H groups in total. The van der Waals surface area contributed by atoms with Gasteiger partial charge >= 0.3 is 0 Å². The summed E-state index contributed by atoms with van der Waals surface area (Å²) in [5.41, 5.74) is 14.6. The van der Waals surface area contributed by atoms with Crippen molar-refractivity contribution >= 4 is 46.2 Å². The molecule has 0 bridgehead atoms. The standard InChI is InChI=1S/C43H26FN2O.C18H24NSi.Ir/c44-32-21-22-34-40(27-32)47-42-35(24-23-33(41(34)42)29-14-6-2-7-15-29)43-45-37-18-10-11-19-39(37)46(43)38-25-20-31(28-12-4-1-5-13-28)26-36(38)30-16-8-3-9-17-30;1-14(2)11-16-12-17(15-9-7-6-8-10-15)19-13-18(16)20(3,4)5;/h1-23,25-27H;6-9,12-14H,11H2,1-5H3;/q2*-1;. The van der Waals surface area contributed by atoms with Crippen molar-refractivity contribution < 1.29 is 28.9 Å². The number of nitrogens with zero attached hydrogens (tertiary/aromatic N) is 3. The molecule has 0 aliphatic rings. The molecule has 0 aliphatic heterocycles. The smallest absolute Gasteiger partial charge is 0.126 e. The summed E-state index contributed by atoms with van der Waals surface area (Å²) in [4.78, 5) is 9.90. The van der Waals surface area contributed by atoms with Gasteiger partial charge in [-0.2, -0.15) is 0 Å². The summed E-state index contributed by atoms with van der Waals surface area (Å²) in [6.07, 6.45) is 3.24. The molecule has 0 aliphatic carbocycles. The van der Waals surface area contributed by atoms with Gasteiger partial charge in [-0.15, -0.1) is 48.0 Å². The van der Waals surface area contributed by atoms with Gasteiger partial charge in [-0.25, -0.2) is 4.39 Å². The van der Waals surface area contributed by atoms with Crippen molar-refractivity contribution in [2.45, 2.75) is 39.9 Å². The van der Waals surface area contributed by atoms with Gasteiger partial charge in [0.2, 0.25) is 0 Å². The number of imidazole rings is 1. The second-order valence-electron chi connectivity index (χ2n) is 18.5. The predicted molar refractivity (Wildman–Crippen MR) is 279 cm³/mol. The summed E-state index contributed by atoms with van der Waals surface area (Å²) >= 11 is 0. The Morgan fingerprint density at radius 3 is 2.00 bits per heavy atom. The van der Waals surface area contributed by atoms with Crippen LogP contribution in [0.25, 0.3) is 94.7 Å². The van der Waals surface area contributed by atoms with E-state index in [1.54, 1.807) is 6.07 Å². The third-order valence-electron chi connectivity index (χ3n) is 12.2. The third kappa shape index (κ3) is 9.30. The van der Waals surface area contributed by atoms with E-state index in [1.165, 1.54) is 22.9 Å². The Bertz CT molecular complexity index is 3510. The number of fused-ring (bicyclic) bond motifs is 4. The first-order chi connectivity index (χ1) is 32.6. The van der Waals surface area contributed by atoms with Crippen LogP contribution in [0.1, 0.15) is 19.4 Å². The van der Waals surface area contributed by atoms with Crippen molar-refractivity contribution in [1.82, 2.24) is 14.5 Å². The SMILES string of the molecule is CC(C)Cc1cc(-c2[c-]cccc2)ncc1[Si](C)(C)C.Fc1ccc2c(c1)oc1c(-c3nc4ccccc4n3-c3ccc(-c4ccccc4)cc3-c3ccccc3)[c-]cc(-c3ccccc3)c12.[Ir]. The van der Waals surface area contributed by atoms with Crippen LogP contribution in [0.15, 0.2) is 199 Å². The number of hydrogen-bond acceptors (Lipinski definition) is 3. The number of para-hydroxylation sites is 2. The number of rotatable bonds is 9. The maximum absolute atomic E-state index is 14.5. The monoisotopic (exact) mass is 1080 g/mol. The van der Waals surface area contributed by atoms with E-state index in [0.29, 0.717) is 28.5 Å². The Hall–Kier alpha value is -7.02. The maximum atomic E-state index is 14.5. The first-order valence-electron chi connectivity index (χ1n) is 22.9. The molecule has 3 heterocycles. The molecular formula is C61H50FIrN3OSi-2. The number of benzene rings is 8. The molecule has 7 heteroatoms. The van der Waals surface area contributed by atoms with Crippen molar-refractivity contribution in [3.8, 4) is 61.7 Å². The van der Waals surface area contributed by atoms with Crippen LogP contribution < -0.4 is 5.19 Å². The van der Waals surface area contributed by atoms with Gasteiger partial charge in [0.1, 0.15) is 11.4 Å². The molecule has 11 rings (SSSR count). The Morgan fingerprint density at radius 1 is 0.662 bits per heavy atom. The van der Waals surface area contributed by atoms with E-state index in [9.17, 15) is 4.39 Å². The van der Waals surface area contributed by atoms with Crippen molar-refractivity contribution in [2.24, 2.45) is 5.92 Å². The molecule has 11 aromatic rings. The average Bonchev–Trinajstić information content (AvgIpc) is 3.93. The first-order valence-corrected chi connectivity index (χ1v) is 26.4. The molecule has 0 saturated heterocycles. The van der Waals surface area contributed by atoms with Gasteiger partial charge in [-0.05, 0) is 81.7 Å². The van der Waals surface area contributed by atoms with Gasteiger partial charge in [0, 0.05) is 49.0 Å². The fourth-order valence-electron chi connectivity index (χ4n) is 9.12. The molecule has 8 aromatic carbocycles. The molecule has 0 spiro atoms. The minimum Gasteiger partial charge on any atom is -0.500 e. The molecule has 1 radical (unpaired) electrons. The first kappa shape index (κ1) is 46.1. The largest absolute Gasteiger partial charge is 0.500 e. The minimum absolute atomic E-state index is 0. The molecule has 0 unspecified atom stereocenters. The van der Waals surface area contributed by atoms with Crippen LogP contribution in [0.4, 0.5) is 4.39 Å². The maximum Gasteiger partial charge on any atom is 0.126 e.